The third-order valence-corrected chi connectivity index (χ3v) is 4.54. The van der Waals surface area contributed by atoms with E-state index in [1.807, 2.05) is 0 Å². The Morgan fingerprint density at radius 1 is 1.44 bits per heavy atom. The van der Waals surface area contributed by atoms with Crippen molar-refractivity contribution in [3.63, 3.8) is 0 Å². The molecule has 0 fully saturated rings. The predicted octanol–water partition coefficient (Wildman–Crippen LogP) is 0.0731. The van der Waals surface area contributed by atoms with Crippen molar-refractivity contribution in [2.24, 2.45) is 0 Å². The molecule has 1 unspecified atom stereocenters. The Balaban J connectivity index is 2.57. The molecule has 1 aromatic rings. The highest BCUT2D eigenvalue weighted by Crippen LogP contribution is 2.04. The van der Waals surface area contributed by atoms with E-state index in [4.69, 9.17) is 5.11 Å². The van der Waals surface area contributed by atoms with Gasteiger partial charge >= 0.3 is 5.97 Å². The van der Waals surface area contributed by atoms with E-state index < -0.39 is 26.6 Å². The molecule has 8 heteroatoms. The minimum atomic E-state index is -3.12. The normalized spacial score (nSPS) is 13.2. The summed E-state index contributed by atoms with van der Waals surface area (Å²) in [5.74, 6) is -1.03. The van der Waals surface area contributed by atoms with Crippen molar-refractivity contribution in [2.75, 3.05) is 17.8 Å². The smallest absolute Gasteiger partial charge is 0.337 e. The molecule has 0 spiro atoms. The van der Waals surface area contributed by atoms with Gasteiger partial charge < -0.3 is 5.11 Å². The lowest BCUT2D eigenvalue weighted by Gasteiger charge is -2.02. The maximum absolute atomic E-state index is 11.6. The van der Waals surface area contributed by atoms with E-state index in [1.165, 1.54) is 18.3 Å². The summed E-state index contributed by atoms with van der Waals surface area (Å²) in [5.41, 5.74) is 0.535. The molecule has 1 rings (SSSR count). The second kappa shape index (κ2) is 6.05. The van der Waals surface area contributed by atoms with Crippen LogP contribution < -0.4 is 0 Å². The number of carbonyl (C=O) groups is 1. The Hall–Kier alpha value is -1.28. The zero-order valence-corrected chi connectivity index (χ0v) is 11.3. The Labute approximate surface area is 107 Å². The van der Waals surface area contributed by atoms with Crippen molar-refractivity contribution in [1.82, 2.24) is 4.98 Å². The van der Waals surface area contributed by atoms with Crippen molar-refractivity contribution in [2.45, 2.75) is 5.75 Å². The SMILES string of the molecule is CS(=O)(=O)CCS(=O)Cc1ccc(C(=O)O)cn1. The third kappa shape index (κ3) is 5.37. The minimum Gasteiger partial charge on any atom is -0.478 e. The molecule has 0 saturated heterocycles. The van der Waals surface area contributed by atoms with E-state index in [1.54, 1.807) is 0 Å². The number of aromatic nitrogens is 1. The van der Waals surface area contributed by atoms with E-state index in [9.17, 15) is 17.4 Å². The van der Waals surface area contributed by atoms with Gasteiger partial charge in [0.2, 0.25) is 0 Å². The topological polar surface area (TPSA) is 101 Å². The number of carboxylic acids is 1. The molecular formula is C10H13NO5S2. The summed E-state index contributed by atoms with van der Waals surface area (Å²) in [7, 11) is -4.44. The van der Waals surface area contributed by atoms with Crippen LogP contribution in [0, 0.1) is 0 Å². The van der Waals surface area contributed by atoms with Crippen molar-refractivity contribution in [3.05, 3.63) is 29.6 Å². The Morgan fingerprint density at radius 2 is 2.11 bits per heavy atom. The fourth-order valence-electron chi connectivity index (χ4n) is 1.12. The van der Waals surface area contributed by atoms with Gasteiger partial charge in [0.1, 0.15) is 9.84 Å². The molecule has 18 heavy (non-hydrogen) atoms. The maximum Gasteiger partial charge on any atom is 0.337 e. The molecule has 0 saturated carbocycles. The number of carboxylic acid groups (broad SMARTS) is 1. The number of hydrogen-bond acceptors (Lipinski definition) is 5. The predicted molar refractivity (Wildman–Crippen MR) is 67.6 cm³/mol. The highest BCUT2D eigenvalue weighted by molar-refractivity contribution is 7.92. The van der Waals surface area contributed by atoms with E-state index in [0.717, 1.165) is 6.26 Å². The monoisotopic (exact) mass is 291 g/mol. The van der Waals surface area contributed by atoms with Gasteiger partial charge in [-0.15, -0.1) is 0 Å². The first-order valence-corrected chi connectivity index (χ1v) is 8.54. The first-order chi connectivity index (χ1) is 8.28. The average Bonchev–Trinajstić information content (AvgIpc) is 2.26. The molecule has 1 aromatic heterocycles. The van der Waals surface area contributed by atoms with Crippen LogP contribution >= 0.6 is 0 Å². The maximum atomic E-state index is 11.6. The molecule has 1 atom stereocenters. The van der Waals surface area contributed by atoms with Crippen molar-refractivity contribution in [1.29, 1.82) is 0 Å². The molecule has 0 aliphatic heterocycles. The first-order valence-electron chi connectivity index (χ1n) is 4.99. The molecule has 0 bridgehead atoms. The zero-order chi connectivity index (χ0) is 13.8. The molecule has 1 heterocycles. The number of pyridine rings is 1. The fraction of sp³-hybridized carbons (Fsp3) is 0.400. The standard InChI is InChI=1S/C10H13NO5S2/c1-18(15,16)5-4-17(14)7-9-3-2-8(6-11-9)10(12)13/h2-3,6H,4-5,7H2,1H3,(H,12,13). The molecule has 0 aliphatic carbocycles. The lowest BCUT2D eigenvalue weighted by atomic mass is 10.2. The van der Waals surface area contributed by atoms with Crippen LogP contribution in [0.15, 0.2) is 18.3 Å². The molecule has 1 N–H and O–H groups in total. The lowest BCUT2D eigenvalue weighted by molar-refractivity contribution is 0.0696. The van der Waals surface area contributed by atoms with Crippen LogP contribution in [0.5, 0.6) is 0 Å². The molecule has 100 valence electrons. The average molecular weight is 291 g/mol. The Kier molecular flexibility index (Phi) is 4.97. The van der Waals surface area contributed by atoms with Crippen molar-refractivity contribution >= 4 is 26.6 Å². The van der Waals surface area contributed by atoms with Crippen molar-refractivity contribution < 1.29 is 22.5 Å². The molecule has 0 amide bonds. The number of aromatic carboxylic acids is 1. The molecule has 0 aromatic carbocycles. The third-order valence-electron chi connectivity index (χ3n) is 2.06. The summed E-state index contributed by atoms with van der Waals surface area (Å²) in [4.78, 5) is 14.4. The van der Waals surface area contributed by atoms with Gasteiger partial charge in [-0.3, -0.25) is 9.19 Å². The summed E-state index contributed by atoms with van der Waals surface area (Å²) in [6.45, 7) is 0. The van der Waals surface area contributed by atoms with Crippen LogP contribution in [0.3, 0.4) is 0 Å². The summed E-state index contributed by atoms with van der Waals surface area (Å²) in [6, 6.07) is 2.85. The largest absolute Gasteiger partial charge is 0.478 e. The van der Waals surface area contributed by atoms with Crippen LogP contribution in [0.4, 0.5) is 0 Å². The van der Waals surface area contributed by atoms with Crippen molar-refractivity contribution in [3.8, 4) is 0 Å². The summed E-state index contributed by atoms with van der Waals surface area (Å²) < 4.78 is 33.4. The van der Waals surface area contributed by atoms with Gasteiger partial charge in [-0.05, 0) is 12.1 Å². The minimum absolute atomic E-state index is 0.0562. The number of sulfone groups is 1. The van der Waals surface area contributed by atoms with Gasteiger partial charge in [0, 0.05) is 29.0 Å². The van der Waals surface area contributed by atoms with Gasteiger partial charge in [-0.1, -0.05) is 0 Å². The summed E-state index contributed by atoms with van der Waals surface area (Å²) >= 11 is 0. The lowest BCUT2D eigenvalue weighted by Crippen LogP contribution is -2.13. The molecular weight excluding hydrogens is 278 g/mol. The van der Waals surface area contributed by atoms with Crippen LogP contribution in [0.2, 0.25) is 0 Å². The van der Waals surface area contributed by atoms with Crippen LogP contribution in [-0.4, -0.2) is 46.4 Å². The fourth-order valence-corrected chi connectivity index (χ4v) is 3.72. The summed E-state index contributed by atoms with van der Waals surface area (Å²) in [5, 5.41) is 8.66. The van der Waals surface area contributed by atoms with Crippen LogP contribution in [0.25, 0.3) is 0 Å². The molecule has 0 aliphatic rings. The number of hydrogen-bond donors (Lipinski definition) is 1. The first kappa shape index (κ1) is 14.8. The highest BCUT2D eigenvalue weighted by Gasteiger charge is 2.09. The van der Waals surface area contributed by atoms with Gasteiger partial charge in [0.25, 0.3) is 0 Å². The Bertz CT molecular complexity index is 550. The van der Waals surface area contributed by atoms with Gasteiger partial charge in [0.15, 0.2) is 0 Å². The van der Waals surface area contributed by atoms with Crippen LogP contribution in [-0.2, 0) is 26.4 Å². The van der Waals surface area contributed by atoms with E-state index in [2.05, 4.69) is 4.98 Å². The second-order valence-electron chi connectivity index (χ2n) is 3.76. The highest BCUT2D eigenvalue weighted by atomic mass is 32.2. The van der Waals surface area contributed by atoms with E-state index >= 15 is 0 Å². The Morgan fingerprint density at radius 3 is 2.56 bits per heavy atom. The van der Waals surface area contributed by atoms with Gasteiger partial charge in [0.05, 0.1) is 22.8 Å². The second-order valence-corrected chi connectivity index (χ2v) is 7.60. The van der Waals surface area contributed by atoms with Gasteiger partial charge in [-0.25, -0.2) is 13.2 Å². The quantitative estimate of drug-likeness (QED) is 0.796. The molecule has 6 nitrogen and oxygen atoms in total. The number of rotatable bonds is 6. The molecule has 0 radical (unpaired) electrons. The number of nitrogens with zero attached hydrogens (tertiary/aromatic N) is 1. The van der Waals surface area contributed by atoms with Crippen LogP contribution in [0.1, 0.15) is 16.1 Å². The summed E-state index contributed by atoms with van der Waals surface area (Å²) in [6.07, 6.45) is 2.27. The van der Waals surface area contributed by atoms with E-state index in [-0.39, 0.29) is 22.8 Å². The van der Waals surface area contributed by atoms with E-state index in [0.29, 0.717) is 5.69 Å². The van der Waals surface area contributed by atoms with Gasteiger partial charge in [-0.2, -0.15) is 0 Å². The zero-order valence-electron chi connectivity index (χ0n) is 9.70.